The summed E-state index contributed by atoms with van der Waals surface area (Å²) < 4.78 is 36.5. The standard InChI is InChI=1S/C9H14N2O12P2.C5H14NO/c12-5-1-2-11(9(15)10-5)8-7(14)6(13)4(22-8)3-21-25(19,20)23-24(16,17)18;1-6(2,3)4-5-7/h1-2,4,6-8,13-14H,3H2,(H,19,20)(H,10,12,15)(H2,16,17,18);7H,4-5H2,1-3H3/q;+1. The number of aromatic nitrogens is 2. The number of phosphoric ester groups is 1. The van der Waals surface area contributed by atoms with E-state index in [9.17, 15) is 28.9 Å². The van der Waals surface area contributed by atoms with Gasteiger partial charge in [-0.2, -0.15) is 4.31 Å². The first-order valence-electron chi connectivity index (χ1n) is 8.94. The van der Waals surface area contributed by atoms with Crippen molar-refractivity contribution < 1.29 is 57.2 Å². The third-order valence-corrected chi connectivity index (χ3v) is 6.00. The van der Waals surface area contributed by atoms with E-state index < -0.39 is 58.0 Å². The van der Waals surface area contributed by atoms with Crippen molar-refractivity contribution in [3.05, 3.63) is 33.1 Å². The number of nitrogens with zero attached hydrogens (tertiary/aromatic N) is 2. The Labute approximate surface area is 181 Å². The van der Waals surface area contributed by atoms with Crippen molar-refractivity contribution >= 4 is 15.6 Å². The van der Waals surface area contributed by atoms with Crippen molar-refractivity contribution in [3.8, 4) is 0 Å². The maximum atomic E-state index is 11.7. The second-order valence-electron chi connectivity index (χ2n) is 7.64. The van der Waals surface area contributed by atoms with Gasteiger partial charge in [0.15, 0.2) is 6.23 Å². The zero-order valence-electron chi connectivity index (χ0n) is 17.4. The van der Waals surface area contributed by atoms with Gasteiger partial charge in [-0.05, 0) is 0 Å². The minimum absolute atomic E-state index is 0.281. The van der Waals surface area contributed by atoms with Crippen molar-refractivity contribution in [2.45, 2.75) is 24.5 Å². The average Bonchev–Trinajstić information content (AvgIpc) is 2.86. The summed E-state index contributed by atoms with van der Waals surface area (Å²) in [7, 11) is -4.33. The van der Waals surface area contributed by atoms with Crippen molar-refractivity contribution in [2.24, 2.45) is 0 Å². The molecule has 32 heavy (non-hydrogen) atoms. The molecule has 186 valence electrons. The molecule has 5 unspecified atom stereocenters. The maximum Gasteiger partial charge on any atom is 0.481 e. The first-order chi connectivity index (χ1) is 14.5. The van der Waals surface area contributed by atoms with Crippen LogP contribution in [0.2, 0.25) is 0 Å². The molecule has 16 nitrogen and oxygen atoms in total. The maximum absolute atomic E-state index is 11.7. The van der Waals surface area contributed by atoms with E-state index in [0.29, 0.717) is 0 Å². The van der Waals surface area contributed by atoms with Crippen LogP contribution in [-0.2, 0) is 22.7 Å². The molecule has 0 aliphatic carbocycles. The number of likely N-dealkylation sites (N-methyl/N-ethyl adjacent to an activating group) is 1. The number of phosphoric acid groups is 2. The molecule has 7 N–H and O–H groups in total. The molecule has 0 bridgehead atoms. The molecule has 0 saturated carbocycles. The molecule has 18 heteroatoms. The summed E-state index contributed by atoms with van der Waals surface area (Å²) in [6.07, 6.45) is -5.25. The molecule has 5 atom stereocenters. The molecule has 0 aromatic carbocycles. The van der Waals surface area contributed by atoms with Crippen LogP contribution in [0.1, 0.15) is 6.23 Å². The van der Waals surface area contributed by atoms with Crippen molar-refractivity contribution in [1.82, 2.24) is 9.55 Å². The number of quaternary nitrogens is 1. The number of ether oxygens (including phenoxy) is 1. The quantitative estimate of drug-likeness (QED) is 0.138. The largest absolute Gasteiger partial charge is 0.481 e. The minimum atomic E-state index is -5.32. The summed E-state index contributed by atoms with van der Waals surface area (Å²) in [6, 6.07) is 0.962. The normalized spacial score (nSPS) is 25.7. The van der Waals surface area contributed by atoms with Gasteiger partial charge in [0.05, 0.1) is 34.4 Å². The second kappa shape index (κ2) is 11.2. The van der Waals surface area contributed by atoms with Crippen molar-refractivity contribution in [2.75, 3.05) is 40.9 Å². The van der Waals surface area contributed by atoms with Crippen molar-refractivity contribution in [3.63, 3.8) is 0 Å². The molecular formula is C14H28N3O13P2+. The number of aliphatic hydroxyl groups is 3. The zero-order valence-corrected chi connectivity index (χ0v) is 19.2. The van der Waals surface area contributed by atoms with Crippen LogP contribution in [-0.4, -0.2) is 103 Å². The highest BCUT2D eigenvalue weighted by atomic mass is 31.3. The molecule has 2 rings (SSSR count). The molecule has 1 aromatic heterocycles. The summed E-state index contributed by atoms with van der Waals surface area (Å²) in [4.78, 5) is 50.7. The number of hydrogen-bond donors (Lipinski definition) is 7. The highest BCUT2D eigenvalue weighted by molar-refractivity contribution is 7.60. The molecular weight excluding hydrogens is 480 g/mol. The number of aromatic amines is 1. The second-order valence-corrected chi connectivity index (χ2v) is 10.5. The van der Waals surface area contributed by atoms with Crippen LogP contribution < -0.4 is 11.2 Å². The van der Waals surface area contributed by atoms with Gasteiger partial charge in [-0.25, -0.2) is 13.9 Å². The van der Waals surface area contributed by atoms with Gasteiger partial charge in [-0.1, -0.05) is 0 Å². The molecule has 1 aromatic rings. The fourth-order valence-electron chi connectivity index (χ4n) is 2.35. The first kappa shape index (κ1) is 28.8. The summed E-state index contributed by atoms with van der Waals surface area (Å²) >= 11 is 0. The highest BCUT2D eigenvalue weighted by Gasteiger charge is 2.45. The molecule has 1 aliphatic rings. The first-order valence-corrected chi connectivity index (χ1v) is 12.0. The topological polar surface area (TPSA) is 238 Å². The number of hydrogen-bond acceptors (Lipinski definition) is 10. The van der Waals surface area contributed by atoms with Crippen LogP contribution in [0.15, 0.2) is 21.9 Å². The Bertz CT molecular complexity index is 952. The third kappa shape index (κ3) is 9.70. The Kier molecular flexibility index (Phi) is 10.1. The van der Waals surface area contributed by atoms with Crippen LogP contribution in [0.5, 0.6) is 0 Å². The van der Waals surface area contributed by atoms with E-state index >= 15 is 0 Å². The highest BCUT2D eigenvalue weighted by Crippen LogP contribution is 2.57. The molecule has 1 saturated heterocycles. The number of aliphatic hydroxyl groups excluding tert-OH is 3. The summed E-state index contributed by atoms with van der Waals surface area (Å²) in [5.74, 6) is 0. The minimum Gasteiger partial charge on any atom is -0.391 e. The van der Waals surface area contributed by atoms with E-state index in [1.165, 1.54) is 0 Å². The Morgan fingerprint density at radius 1 is 1.16 bits per heavy atom. The van der Waals surface area contributed by atoms with Gasteiger partial charge in [-0.15, -0.1) is 0 Å². The monoisotopic (exact) mass is 508 g/mol. The van der Waals surface area contributed by atoms with Gasteiger partial charge in [0.1, 0.15) is 24.9 Å². The van der Waals surface area contributed by atoms with Crippen LogP contribution in [0.4, 0.5) is 0 Å². The molecule has 0 spiro atoms. The van der Waals surface area contributed by atoms with E-state index in [2.05, 4.69) is 30.0 Å². The third-order valence-electron chi connectivity index (χ3n) is 3.84. The predicted molar refractivity (Wildman–Crippen MR) is 106 cm³/mol. The van der Waals surface area contributed by atoms with E-state index in [-0.39, 0.29) is 6.61 Å². The smallest absolute Gasteiger partial charge is 0.391 e. The van der Waals surface area contributed by atoms with Crippen LogP contribution in [0.25, 0.3) is 0 Å². The number of rotatable bonds is 8. The van der Waals surface area contributed by atoms with E-state index in [0.717, 1.165) is 27.9 Å². The zero-order chi connectivity index (χ0) is 24.9. The molecule has 0 radical (unpaired) electrons. The Hall–Kier alpha value is -1.26. The lowest BCUT2D eigenvalue weighted by atomic mass is 10.1. The molecule has 1 fully saturated rings. The van der Waals surface area contributed by atoms with Gasteiger partial charge in [0, 0.05) is 12.3 Å². The van der Waals surface area contributed by atoms with E-state index in [1.807, 2.05) is 4.98 Å². The average molecular weight is 508 g/mol. The number of H-pyrrole nitrogens is 1. The van der Waals surface area contributed by atoms with Crippen LogP contribution in [0, 0.1) is 0 Å². The molecule has 0 amide bonds. The van der Waals surface area contributed by atoms with Gasteiger partial charge < -0.3 is 39.2 Å². The van der Waals surface area contributed by atoms with Crippen molar-refractivity contribution in [1.29, 1.82) is 0 Å². The summed E-state index contributed by atoms with van der Waals surface area (Å²) in [5, 5.41) is 28.2. The van der Waals surface area contributed by atoms with E-state index in [1.54, 1.807) is 0 Å². The Morgan fingerprint density at radius 3 is 2.19 bits per heavy atom. The number of nitrogens with one attached hydrogen (secondary N) is 1. The van der Waals surface area contributed by atoms with Gasteiger partial charge in [0.25, 0.3) is 5.56 Å². The Balaban J connectivity index is 0.000000633. The lowest BCUT2D eigenvalue weighted by Gasteiger charge is -2.21. The molecule has 1 aliphatic heterocycles. The predicted octanol–water partition coefficient (Wildman–Crippen LogP) is -2.93. The lowest BCUT2D eigenvalue weighted by molar-refractivity contribution is -0.870. The summed E-state index contributed by atoms with van der Waals surface area (Å²) in [5.41, 5.74) is -1.65. The summed E-state index contributed by atoms with van der Waals surface area (Å²) in [6.45, 7) is 0.212. The fourth-order valence-corrected chi connectivity index (χ4v) is 3.95. The fraction of sp³-hybridized carbons (Fsp3) is 0.714. The van der Waals surface area contributed by atoms with E-state index in [4.69, 9.17) is 24.5 Å². The SMILES string of the molecule is C[N+](C)(C)CCO.O=c1ccn(C2OC(COP(=O)(O)OP(=O)(O)O)C(O)C2O)c(=O)[nH]1. The van der Waals surface area contributed by atoms with Gasteiger partial charge in [-0.3, -0.25) is 18.9 Å². The Morgan fingerprint density at radius 2 is 1.75 bits per heavy atom. The van der Waals surface area contributed by atoms with Crippen LogP contribution in [0.3, 0.4) is 0 Å². The van der Waals surface area contributed by atoms with Gasteiger partial charge in [0.2, 0.25) is 0 Å². The van der Waals surface area contributed by atoms with Gasteiger partial charge >= 0.3 is 21.3 Å². The lowest BCUT2D eigenvalue weighted by Crippen LogP contribution is -2.37. The molecule has 2 heterocycles. The van der Waals surface area contributed by atoms with Crippen LogP contribution >= 0.6 is 15.6 Å².